The number of hydrogen-bond donors (Lipinski definition) is 0. The standard InChI is InChI=1S/C14H17N5S2/c1-17-7-11(6-15-17)13-10-20-4-2-18(13)8-12-9-19-3-5-21-14(19)16-12/h3,5-7,9,13H,2,4,8,10H2,1H3/t13-/m0/s1. The maximum Gasteiger partial charge on any atom is 0.193 e. The molecular formula is C14H17N5S2. The average molecular weight is 319 g/mol. The van der Waals surface area contributed by atoms with Crippen LogP contribution in [0.25, 0.3) is 4.96 Å². The lowest BCUT2D eigenvalue weighted by Gasteiger charge is -2.34. The first-order chi connectivity index (χ1) is 10.3. The zero-order valence-corrected chi connectivity index (χ0v) is 13.5. The molecule has 0 radical (unpaired) electrons. The maximum absolute atomic E-state index is 4.71. The smallest absolute Gasteiger partial charge is 0.193 e. The van der Waals surface area contributed by atoms with Gasteiger partial charge in [0.15, 0.2) is 4.96 Å². The van der Waals surface area contributed by atoms with Crippen molar-refractivity contribution in [3.05, 3.63) is 41.4 Å². The lowest BCUT2D eigenvalue weighted by atomic mass is 10.1. The number of thioether (sulfide) groups is 1. The van der Waals surface area contributed by atoms with E-state index in [4.69, 9.17) is 4.98 Å². The van der Waals surface area contributed by atoms with Gasteiger partial charge in [-0.15, -0.1) is 11.3 Å². The largest absolute Gasteiger partial charge is 0.297 e. The fraction of sp³-hybridized carbons (Fsp3) is 0.429. The highest BCUT2D eigenvalue weighted by Gasteiger charge is 2.26. The van der Waals surface area contributed by atoms with E-state index >= 15 is 0 Å². The van der Waals surface area contributed by atoms with E-state index in [0.717, 1.165) is 29.5 Å². The van der Waals surface area contributed by atoms with E-state index < -0.39 is 0 Å². The third-order valence-corrected chi connectivity index (χ3v) is 5.65. The Morgan fingerprint density at radius 1 is 1.38 bits per heavy atom. The minimum atomic E-state index is 0.442. The van der Waals surface area contributed by atoms with Gasteiger partial charge in [0.1, 0.15) is 0 Å². The van der Waals surface area contributed by atoms with E-state index in [1.807, 2.05) is 29.7 Å². The molecule has 1 aliphatic heterocycles. The van der Waals surface area contributed by atoms with Crippen LogP contribution in [0.3, 0.4) is 0 Å². The molecule has 1 aliphatic rings. The van der Waals surface area contributed by atoms with Crippen molar-refractivity contribution in [2.75, 3.05) is 18.1 Å². The van der Waals surface area contributed by atoms with Crippen molar-refractivity contribution in [1.29, 1.82) is 0 Å². The van der Waals surface area contributed by atoms with Gasteiger partial charge >= 0.3 is 0 Å². The number of thiazole rings is 1. The van der Waals surface area contributed by atoms with Crippen LogP contribution in [-0.2, 0) is 13.6 Å². The Labute approximate surface area is 131 Å². The van der Waals surface area contributed by atoms with Crippen LogP contribution in [-0.4, -0.2) is 42.1 Å². The van der Waals surface area contributed by atoms with Gasteiger partial charge in [0.25, 0.3) is 0 Å². The fourth-order valence-electron chi connectivity index (χ4n) is 2.81. The Kier molecular flexibility index (Phi) is 3.48. The molecular weight excluding hydrogens is 302 g/mol. The number of hydrogen-bond acceptors (Lipinski definition) is 5. The Morgan fingerprint density at radius 2 is 2.33 bits per heavy atom. The summed E-state index contributed by atoms with van der Waals surface area (Å²) in [5, 5.41) is 6.39. The Hall–Kier alpha value is -1.31. The van der Waals surface area contributed by atoms with E-state index in [1.54, 1.807) is 11.3 Å². The molecule has 7 heteroatoms. The number of fused-ring (bicyclic) bond motifs is 1. The molecule has 4 heterocycles. The molecule has 0 aliphatic carbocycles. The predicted molar refractivity (Wildman–Crippen MR) is 86.8 cm³/mol. The van der Waals surface area contributed by atoms with Crippen LogP contribution in [0.1, 0.15) is 17.3 Å². The van der Waals surface area contributed by atoms with Crippen LogP contribution < -0.4 is 0 Å². The number of nitrogens with zero attached hydrogens (tertiary/aromatic N) is 5. The third kappa shape index (κ3) is 2.61. The van der Waals surface area contributed by atoms with Crippen LogP contribution >= 0.6 is 23.1 Å². The molecule has 5 nitrogen and oxygen atoms in total. The lowest BCUT2D eigenvalue weighted by molar-refractivity contribution is 0.210. The van der Waals surface area contributed by atoms with Gasteiger partial charge in [-0.05, 0) is 0 Å². The highest BCUT2D eigenvalue weighted by Crippen LogP contribution is 2.30. The number of aromatic nitrogens is 4. The van der Waals surface area contributed by atoms with Gasteiger partial charge in [0, 0.05) is 67.2 Å². The lowest BCUT2D eigenvalue weighted by Crippen LogP contribution is -2.35. The van der Waals surface area contributed by atoms with Gasteiger partial charge in [0.05, 0.1) is 11.9 Å². The average Bonchev–Trinajstić information content (AvgIpc) is 3.15. The molecule has 0 saturated carbocycles. The second-order valence-corrected chi connectivity index (χ2v) is 7.36. The minimum absolute atomic E-state index is 0.442. The molecule has 4 rings (SSSR count). The minimum Gasteiger partial charge on any atom is -0.297 e. The first-order valence-electron chi connectivity index (χ1n) is 7.01. The molecule has 1 saturated heterocycles. The predicted octanol–water partition coefficient (Wildman–Crippen LogP) is 2.42. The summed E-state index contributed by atoms with van der Waals surface area (Å²) in [6.45, 7) is 2.02. The van der Waals surface area contributed by atoms with E-state index in [0.29, 0.717) is 6.04 Å². The quantitative estimate of drug-likeness (QED) is 0.743. The number of rotatable bonds is 3. The van der Waals surface area contributed by atoms with Gasteiger partial charge in [-0.25, -0.2) is 4.98 Å². The molecule has 21 heavy (non-hydrogen) atoms. The summed E-state index contributed by atoms with van der Waals surface area (Å²) in [6, 6.07) is 0.442. The van der Waals surface area contributed by atoms with Crippen molar-refractivity contribution >= 4 is 28.1 Å². The van der Waals surface area contributed by atoms with Gasteiger partial charge in [-0.3, -0.25) is 14.0 Å². The Morgan fingerprint density at radius 3 is 3.14 bits per heavy atom. The Bertz CT molecular complexity index is 715. The van der Waals surface area contributed by atoms with Crippen molar-refractivity contribution in [3.8, 4) is 0 Å². The van der Waals surface area contributed by atoms with Crippen molar-refractivity contribution in [2.45, 2.75) is 12.6 Å². The first kappa shape index (κ1) is 13.4. The summed E-state index contributed by atoms with van der Waals surface area (Å²) in [5.41, 5.74) is 2.47. The van der Waals surface area contributed by atoms with Crippen LogP contribution in [0.5, 0.6) is 0 Å². The summed E-state index contributed by atoms with van der Waals surface area (Å²) in [4.78, 5) is 8.32. The Balaban J connectivity index is 1.57. The monoisotopic (exact) mass is 319 g/mol. The van der Waals surface area contributed by atoms with E-state index in [1.165, 1.54) is 11.3 Å². The molecule has 0 aromatic carbocycles. The molecule has 0 spiro atoms. The summed E-state index contributed by atoms with van der Waals surface area (Å²) in [5.74, 6) is 2.33. The SMILES string of the molecule is Cn1cc([C@@H]2CSCCN2Cc2cn3ccsc3n2)cn1. The second-order valence-electron chi connectivity index (χ2n) is 5.33. The van der Waals surface area contributed by atoms with Gasteiger partial charge in [0.2, 0.25) is 0 Å². The summed E-state index contributed by atoms with van der Waals surface area (Å²) in [7, 11) is 1.98. The van der Waals surface area contributed by atoms with Crippen LogP contribution in [0, 0.1) is 0 Å². The molecule has 0 amide bonds. The summed E-state index contributed by atoms with van der Waals surface area (Å²) < 4.78 is 4.00. The fourth-order valence-corrected chi connectivity index (χ4v) is 4.68. The molecule has 3 aromatic heterocycles. The van der Waals surface area contributed by atoms with Gasteiger partial charge < -0.3 is 0 Å². The van der Waals surface area contributed by atoms with Gasteiger partial charge in [-0.2, -0.15) is 16.9 Å². The zero-order chi connectivity index (χ0) is 14.2. The molecule has 3 aromatic rings. The maximum atomic E-state index is 4.71. The molecule has 0 bridgehead atoms. The third-order valence-electron chi connectivity index (χ3n) is 3.86. The topological polar surface area (TPSA) is 38.4 Å². The highest BCUT2D eigenvalue weighted by molar-refractivity contribution is 7.99. The van der Waals surface area contributed by atoms with Crippen molar-refractivity contribution in [1.82, 2.24) is 24.1 Å². The highest BCUT2D eigenvalue weighted by atomic mass is 32.2. The normalized spacial score (nSPS) is 20.3. The van der Waals surface area contributed by atoms with Gasteiger partial charge in [-0.1, -0.05) is 0 Å². The summed E-state index contributed by atoms with van der Waals surface area (Å²) >= 11 is 3.71. The van der Waals surface area contributed by atoms with Crippen LogP contribution in [0.4, 0.5) is 0 Å². The first-order valence-corrected chi connectivity index (χ1v) is 9.04. The summed E-state index contributed by atoms with van der Waals surface area (Å²) in [6.07, 6.45) is 8.35. The van der Waals surface area contributed by atoms with E-state index in [2.05, 4.69) is 38.4 Å². The van der Waals surface area contributed by atoms with Crippen molar-refractivity contribution < 1.29 is 0 Å². The number of imidazole rings is 1. The molecule has 0 unspecified atom stereocenters. The van der Waals surface area contributed by atoms with E-state index in [9.17, 15) is 0 Å². The van der Waals surface area contributed by atoms with Crippen molar-refractivity contribution in [3.63, 3.8) is 0 Å². The van der Waals surface area contributed by atoms with Crippen molar-refractivity contribution in [2.24, 2.45) is 7.05 Å². The van der Waals surface area contributed by atoms with Crippen LogP contribution in [0.15, 0.2) is 30.2 Å². The number of aryl methyl sites for hydroxylation is 1. The molecule has 0 N–H and O–H groups in total. The molecule has 1 atom stereocenters. The van der Waals surface area contributed by atoms with E-state index in [-0.39, 0.29) is 0 Å². The zero-order valence-electron chi connectivity index (χ0n) is 11.8. The molecule has 110 valence electrons. The van der Waals surface area contributed by atoms with Crippen LogP contribution in [0.2, 0.25) is 0 Å². The molecule has 1 fully saturated rings. The second kappa shape index (κ2) is 5.47.